The van der Waals surface area contributed by atoms with Gasteiger partial charge in [-0.2, -0.15) is 0 Å². The summed E-state index contributed by atoms with van der Waals surface area (Å²) in [6.45, 7) is 8.16. The van der Waals surface area contributed by atoms with Gasteiger partial charge in [0.05, 0.1) is 5.60 Å². The van der Waals surface area contributed by atoms with Gasteiger partial charge >= 0.3 is 0 Å². The summed E-state index contributed by atoms with van der Waals surface area (Å²) in [6, 6.07) is 0. The van der Waals surface area contributed by atoms with Gasteiger partial charge in [-0.3, -0.25) is 9.89 Å². The van der Waals surface area contributed by atoms with E-state index in [4.69, 9.17) is 4.74 Å². The molecule has 1 aromatic rings. The molecule has 0 saturated heterocycles. The van der Waals surface area contributed by atoms with E-state index in [0.717, 1.165) is 0 Å². The van der Waals surface area contributed by atoms with Gasteiger partial charge in [0, 0.05) is 19.6 Å². The number of hydrogen-bond acceptors (Lipinski definition) is 4. The molecule has 6 heteroatoms. The van der Waals surface area contributed by atoms with Crippen molar-refractivity contribution in [3.8, 4) is 0 Å². The Bertz CT molecular complexity index is 385. The van der Waals surface area contributed by atoms with Gasteiger partial charge in [0.15, 0.2) is 0 Å². The van der Waals surface area contributed by atoms with E-state index < -0.39 is 5.60 Å². The fourth-order valence-electron chi connectivity index (χ4n) is 1.08. The van der Waals surface area contributed by atoms with Crippen molar-refractivity contribution < 1.29 is 9.53 Å². The number of rotatable bonds is 5. The van der Waals surface area contributed by atoms with Crippen LogP contribution in [0, 0.1) is 0 Å². The van der Waals surface area contributed by atoms with Crippen molar-refractivity contribution in [2.75, 3.05) is 13.7 Å². The molecule has 0 fully saturated rings. The van der Waals surface area contributed by atoms with Crippen molar-refractivity contribution in [2.45, 2.75) is 39.2 Å². The molecule has 1 rings (SSSR count). The second kappa shape index (κ2) is 5.27. The SMILES string of the molecule is COC(C)(C)CNC(=O)c1n[nH]c(C(C)C)n1. The maximum Gasteiger partial charge on any atom is 0.291 e. The van der Waals surface area contributed by atoms with E-state index in [9.17, 15) is 4.79 Å². The van der Waals surface area contributed by atoms with E-state index in [-0.39, 0.29) is 17.6 Å². The van der Waals surface area contributed by atoms with E-state index >= 15 is 0 Å². The highest BCUT2D eigenvalue weighted by atomic mass is 16.5. The van der Waals surface area contributed by atoms with Gasteiger partial charge in [0.2, 0.25) is 5.82 Å². The van der Waals surface area contributed by atoms with E-state index in [2.05, 4.69) is 20.5 Å². The molecule has 0 unspecified atom stereocenters. The Morgan fingerprint density at radius 3 is 2.65 bits per heavy atom. The third-order valence-corrected chi connectivity index (χ3v) is 2.48. The zero-order chi connectivity index (χ0) is 13.1. The molecule has 96 valence electrons. The van der Waals surface area contributed by atoms with E-state index in [1.165, 1.54) is 0 Å². The molecule has 0 bridgehead atoms. The Morgan fingerprint density at radius 2 is 2.18 bits per heavy atom. The molecule has 0 spiro atoms. The summed E-state index contributed by atoms with van der Waals surface area (Å²) in [6.07, 6.45) is 0. The summed E-state index contributed by atoms with van der Waals surface area (Å²) in [5.41, 5.74) is -0.396. The average molecular weight is 240 g/mol. The lowest BCUT2D eigenvalue weighted by Crippen LogP contribution is -2.40. The van der Waals surface area contributed by atoms with Crippen molar-refractivity contribution in [3.05, 3.63) is 11.6 Å². The topological polar surface area (TPSA) is 79.9 Å². The number of H-pyrrole nitrogens is 1. The Balaban J connectivity index is 2.58. The van der Waals surface area contributed by atoms with Gasteiger partial charge in [0.25, 0.3) is 5.91 Å². The molecule has 0 aliphatic rings. The van der Waals surface area contributed by atoms with Crippen LogP contribution in [0.2, 0.25) is 0 Å². The lowest BCUT2D eigenvalue weighted by molar-refractivity contribution is 0.0227. The van der Waals surface area contributed by atoms with Crippen LogP contribution in [0.4, 0.5) is 0 Å². The Hall–Kier alpha value is -1.43. The van der Waals surface area contributed by atoms with Crippen LogP contribution in [0.25, 0.3) is 0 Å². The third-order valence-electron chi connectivity index (χ3n) is 2.48. The molecular formula is C11H20N4O2. The van der Waals surface area contributed by atoms with Gasteiger partial charge < -0.3 is 10.1 Å². The zero-order valence-corrected chi connectivity index (χ0v) is 11.0. The molecule has 17 heavy (non-hydrogen) atoms. The van der Waals surface area contributed by atoms with E-state index in [0.29, 0.717) is 12.4 Å². The minimum atomic E-state index is -0.396. The van der Waals surface area contributed by atoms with Crippen LogP contribution in [-0.2, 0) is 4.74 Å². The number of carbonyl (C=O) groups is 1. The molecule has 0 radical (unpaired) electrons. The molecule has 0 aromatic carbocycles. The van der Waals surface area contributed by atoms with Crippen LogP contribution in [-0.4, -0.2) is 40.3 Å². The van der Waals surface area contributed by atoms with Crippen LogP contribution in [0.15, 0.2) is 0 Å². The smallest absolute Gasteiger partial charge is 0.291 e. The second-order valence-electron chi connectivity index (χ2n) is 4.85. The number of nitrogens with zero attached hydrogens (tertiary/aromatic N) is 2. The Kier molecular flexibility index (Phi) is 4.22. The van der Waals surface area contributed by atoms with Gasteiger partial charge in [-0.1, -0.05) is 13.8 Å². The standard InChI is InChI=1S/C11H20N4O2/c1-7(2)8-13-9(15-14-8)10(16)12-6-11(3,4)17-5/h7H,6H2,1-5H3,(H,12,16)(H,13,14,15). The number of amides is 1. The molecule has 1 aromatic heterocycles. The van der Waals surface area contributed by atoms with Crippen LogP contribution >= 0.6 is 0 Å². The van der Waals surface area contributed by atoms with Crippen molar-refractivity contribution in [2.24, 2.45) is 0 Å². The number of methoxy groups -OCH3 is 1. The molecule has 1 heterocycles. The highest BCUT2D eigenvalue weighted by Crippen LogP contribution is 2.08. The maximum atomic E-state index is 11.7. The Labute approximate surface area is 101 Å². The first-order valence-electron chi connectivity index (χ1n) is 5.61. The molecule has 0 atom stereocenters. The van der Waals surface area contributed by atoms with Crippen LogP contribution < -0.4 is 5.32 Å². The molecule has 0 aliphatic heterocycles. The van der Waals surface area contributed by atoms with E-state index in [1.807, 2.05) is 27.7 Å². The molecule has 2 N–H and O–H groups in total. The normalized spacial score (nSPS) is 11.9. The first kappa shape index (κ1) is 13.6. The average Bonchev–Trinajstić information content (AvgIpc) is 2.75. The van der Waals surface area contributed by atoms with Crippen LogP contribution in [0.3, 0.4) is 0 Å². The quantitative estimate of drug-likeness (QED) is 0.807. The van der Waals surface area contributed by atoms with Crippen LogP contribution in [0.1, 0.15) is 50.1 Å². The second-order valence-corrected chi connectivity index (χ2v) is 4.85. The van der Waals surface area contributed by atoms with Gasteiger partial charge in [-0.25, -0.2) is 4.98 Å². The first-order chi connectivity index (χ1) is 7.85. The third kappa shape index (κ3) is 3.81. The number of hydrogen-bond donors (Lipinski definition) is 2. The molecule has 6 nitrogen and oxygen atoms in total. The van der Waals surface area contributed by atoms with Crippen molar-refractivity contribution >= 4 is 5.91 Å². The highest BCUT2D eigenvalue weighted by molar-refractivity contribution is 5.90. The van der Waals surface area contributed by atoms with Gasteiger partial charge in [0.1, 0.15) is 5.82 Å². The lowest BCUT2D eigenvalue weighted by Gasteiger charge is -2.22. The van der Waals surface area contributed by atoms with Crippen molar-refractivity contribution in [3.63, 3.8) is 0 Å². The number of nitrogens with one attached hydrogen (secondary N) is 2. The predicted molar refractivity (Wildman–Crippen MR) is 63.9 cm³/mol. The minimum Gasteiger partial charge on any atom is -0.377 e. The number of ether oxygens (including phenoxy) is 1. The number of carbonyl (C=O) groups excluding carboxylic acids is 1. The van der Waals surface area contributed by atoms with Crippen molar-refractivity contribution in [1.29, 1.82) is 0 Å². The summed E-state index contributed by atoms with van der Waals surface area (Å²) < 4.78 is 5.20. The largest absolute Gasteiger partial charge is 0.377 e. The lowest BCUT2D eigenvalue weighted by atomic mass is 10.1. The monoisotopic (exact) mass is 240 g/mol. The first-order valence-corrected chi connectivity index (χ1v) is 5.61. The maximum absolute atomic E-state index is 11.7. The summed E-state index contributed by atoms with van der Waals surface area (Å²) >= 11 is 0. The number of aromatic amines is 1. The Morgan fingerprint density at radius 1 is 1.53 bits per heavy atom. The van der Waals surface area contributed by atoms with Crippen LogP contribution in [0.5, 0.6) is 0 Å². The van der Waals surface area contributed by atoms with E-state index in [1.54, 1.807) is 7.11 Å². The molecular weight excluding hydrogens is 220 g/mol. The summed E-state index contributed by atoms with van der Waals surface area (Å²) in [7, 11) is 1.61. The molecule has 1 amide bonds. The number of aromatic nitrogens is 3. The summed E-state index contributed by atoms with van der Waals surface area (Å²) in [5, 5.41) is 9.35. The minimum absolute atomic E-state index is 0.167. The van der Waals surface area contributed by atoms with Gasteiger partial charge in [-0.05, 0) is 13.8 Å². The van der Waals surface area contributed by atoms with Gasteiger partial charge in [-0.15, -0.1) is 5.10 Å². The fraction of sp³-hybridized carbons (Fsp3) is 0.727. The summed E-state index contributed by atoms with van der Waals surface area (Å²) in [5.74, 6) is 0.805. The fourth-order valence-corrected chi connectivity index (χ4v) is 1.08. The zero-order valence-electron chi connectivity index (χ0n) is 11.0. The molecule has 0 saturated carbocycles. The summed E-state index contributed by atoms with van der Waals surface area (Å²) in [4.78, 5) is 15.8. The predicted octanol–water partition coefficient (Wildman–Crippen LogP) is 1.08. The van der Waals surface area contributed by atoms with Crippen molar-refractivity contribution in [1.82, 2.24) is 20.5 Å². The highest BCUT2D eigenvalue weighted by Gasteiger charge is 2.20. The molecule has 0 aliphatic carbocycles.